The fraction of sp³-hybridized carbons (Fsp3) is 0.458. The van der Waals surface area contributed by atoms with E-state index >= 15 is 0 Å². The van der Waals surface area contributed by atoms with Gasteiger partial charge in [0.25, 0.3) is 0 Å². The van der Waals surface area contributed by atoms with Gasteiger partial charge in [-0.05, 0) is 58.9 Å². The van der Waals surface area contributed by atoms with Crippen LogP contribution in [0.1, 0.15) is 68.4 Å². The molecule has 2 heteroatoms. The Hall–Kier alpha value is -2.09. The van der Waals surface area contributed by atoms with Gasteiger partial charge in [-0.1, -0.05) is 71.0 Å². The lowest BCUT2D eigenvalue weighted by molar-refractivity contribution is -0.119. The highest BCUT2D eigenvalue weighted by Crippen LogP contribution is 2.47. The Morgan fingerprint density at radius 3 is 2.19 bits per heavy atom. The molecule has 0 radical (unpaired) electrons. The summed E-state index contributed by atoms with van der Waals surface area (Å²) in [7, 11) is 0. The van der Waals surface area contributed by atoms with Crippen molar-refractivity contribution in [1.82, 2.24) is 0 Å². The van der Waals surface area contributed by atoms with Crippen LogP contribution in [0.5, 0.6) is 0 Å². The second-order valence-electron chi connectivity index (χ2n) is 9.48. The number of hydrogen-bond donors (Lipinski definition) is 1. The molecule has 0 saturated heterocycles. The molecule has 0 spiro atoms. The second-order valence-corrected chi connectivity index (χ2v) is 9.48. The summed E-state index contributed by atoms with van der Waals surface area (Å²) < 4.78 is 0. The summed E-state index contributed by atoms with van der Waals surface area (Å²) in [5.74, 6) is 0.0501. The molecule has 1 aliphatic rings. The zero-order valence-corrected chi connectivity index (χ0v) is 17.2. The third kappa shape index (κ3) is 3.18. The molecule has 138 valence electrons. The molecular weight excluding hydrogens is 318 g/mol. The highest BCUT2D eigenvalue weighted by atomic mass is 16.2. The Balaban J connectivity index is 2.08. The van der Waals surface area contributed by atoms with Crippen LogP contribution >= 0.6 is 0 Å². The van der Waals surface area contributed by atoms with Gasteiger partial charge in [0, 0.05) is 5.69 Å². The van der Waals surface area contributed by atoms with Crippen molar-refractivity contribution in [3.05, 3.63) is 64.2 Å². The largest absolute Gasteiger partial charge is 0.325 e. The van der Waals surface area contributed by atoms with Crippen molar-refractivity contribution < 1.29 is 4.79 Å². The molecule has 1 heterocycles. The third-order valence-corrected chi connectivity index (χ3v) is 5.79. The number of amides is 1. The second kappa shape index (κ2) is 6.26. The van der Waals surface area contributed by atoms with E-state index < -0.39 is 0 Å². The van der Waals surface area contributed by atoms with Gasteiger partial charge < -0.3 is 5.32 Å². The molecule has 1 unspecified atom stereocenters. The average Bonchev–Trinajstić information content (AvgIpc) is 2.91. The maximum atomic E-state index is 12.7. The van der Waals surface area contributed by atoms with Crippen molar-refractivity contribution in [2.24, 2.45) is 5.41 Å². The van der Waals surface area contributed by atoms with E-state index in [2.05, 4.69) is 90.2 Å². The first-order valence-corrected chi connectivity index (χ1v) is 9.52. The van der Waals surface area contributed by atoms with Crippen LogP contribution in [0.25, 0.3) is 0 Å². The van der Waals surface area contributed by atoms with Crippen LogP contribution in [0, 0.1) is 19.3 Å². The molecule has 2 aromatic rings. The van der Waals surface area contributed by atoms with Gasteiger partial charge in [0.1, 0.15) is 0 Å². The quantitative estimate of drug-likeness (QED) is 0.734. The van der Waals surface area contributed by atoms with Gasteiger partial charge in [-0.3, -0.25) is 4.79 Å². The van der Waals surface area contributed by atoms with Gasteiger partial charge in [-0.15, -0.1) is 0 Å². The molecule has 1 aliphatic heterocycles. The van der Waals surface area contributed by atoms with E-state index in [0.717, 1.165) is 12.1 Å². The molecular formula is C24H31NO. The monoisotopic (exact) mass is 349 g/mol. The molecule has 0 saturated carbocycles. The number of benzene rings is 2. The average molecular weight is 350 g/mol. The summed E-state index contributed by atoms with van der Waals surface area (Å²) in [5.41, 5.74) is 7.33. The van der Waals surface area contributed by atoms with Crippen LogP contribution in [0.4, 0.5) is 5.69 Å². The Morgan fingerprint density at radius 1 is 1.00 bits per heavy atom. The topological polar surface area (TPSA) is 29.1 Å². The van der Waals surface area contributed by atoms with Crippen LogP contribution in [0.15, 0.2) is 36.4 Å². The fourth-order valence-corrected chi connectivity index (χ4v) is 4.35. The molecule has 2 aromatic carbocycles. The molecule has 1 atom stereocenters. The van der Waals surface area contributed by atoms with Crippen molar-refractivity contribution in [3.8, 4) is 0 Å². The Kier molecular flexibility index (Phi) is 4.50. The highest BCUT2D eigenvalue weighted by Gasteiger charge is 2.41. The molecule has 0 bridgehead atoms. The molecule has 0 fully saturated rings. The summed E-state index contributed by atoms with van der Waals surface area (Å²) in [4.78, 5) is 12.7. The van der Waals surface area contributed by atoms with Crippen molar-refractivity contribution in [2.75, 3.05) is 5.32 Å². The van der Waals surface area contributed by atoms with E-state index in [1.165, 1.54) is 27.8 Å². The number of aryl methyl sites for hydroxylation is 1. The minimum Gasteiger partial charge on any atom is -0.325 e. The number of hydrogen-bond acceptors (Lipinski definition) is 1. The van der Waals surface area contributed by atoms with Gasteiger partial charge in [0.05, 0.1) is 5.92 Å². The van der Waals surface area contributed by atoms with Gasteiger partial charge in [0.15, 0.2) is 0 Å². The number of anilines is 1. The molecule has 0 aromatic heterocycles. The maximum Gasteiger partial charge on any atom is 0.232 e. The number of nitrogens with one attached hydrogen (secondary N) is 1. The molecule has 1 amide bonds. The summed E-state index contributed by atoms with van der Waals surface area (Å²) in [6.45, 7) is 15.4. The van der Waals surface area contributed by atoms with Crippen molar-refractivity contribution in [2.45, 2.75) is 66.2 Å². The fourth-order valence-electron chi connectivity index (χ4n) is 4.35. The van der Waals surface area contributed by atoms with E-state index in [-0.39, 0.29) is 22.7 Å². The maximum absolute atomic E-state index is 12.7. The van der Waals surface area contributed by atoms with Crippen molar-refractivity contribution in [3.63, 3.8) is 0 Å². The summed E-state index contributed by atoms with van der Waals surface area (Å²) in [6.07, 6.45) is 0.960. The van der Waals surface area contributed by atoms with Gasteiger partial charge in [-0.25, -0.2) is 0 Å². The summed E-state index contributed by atoms with van der Waals surface area (Å²) in [5, 5.41) is 3.15. The van der Waals surface area contributed by atoms with Gasteiger partial charge in [-0.2, -0.15) is 0 Å². The van der Waals surface area contributed by atoms with E-state index in [1.54, 1.807) is 0 Å². The van der Waals surface area contributed by atoms with Gasteiger partial charge in [0.2, 0.25) is 5.91 Å². The van der Waals surface area contributed by atoms with Crippen molar-refractivity contribution >= 4 is 11.6 Å². The highest BCUT2D eigenvalue weighted by molar-refractivity contribution is 6.05. The lowest BCUT2D eigenvalue weighted by Gasteiger charge is -2.30. The smallest absolute Gasteiger partial charge is 0.232 e. The standard InChI is InChI=1S/C24H31NO/c1-15-13-17(14-24(6,7)18-11-9-8-10-12-18)16(2)19-20(23(3,4)5)22(26)25-21(15)19/h8-13,20H,14H2,1-7H3,(H,25,26). The molecule has 3 rings (SSSR count). The number of rotatable bonds is 3. The zero-order chi connectivity index (χ0) is 19.3. The lowest BCUT2D eigenvalue weighted by Crippen LogP contribution is -2.26. The SMILES string of the molecule is Cc1cc(CC(C)(C)c2ccccc2)c(C)c2c1NC(=O)C2C(C)(C)C. The first-order valence-electron chi connectivity index (χ1n) is 9.52. The predicted molar refractivity (Wildman–Crippen MR) is 110 cm³/mol. The van der Waals surface area contributed by atoms with E-state index in [1.807, 2.05) is 0 Å². The predicted octanol–water partition coefficient (Wildman–Crippen LogP) is 5.91. The van der Waals surface area contributed by atoms with E-state index in [4.69, 9.17) is 0 Å². The zero-order valence-electron chi connectivity index (χ0n) is 17.2. The molecule has 1 N–H and O–H groups in total. The van der Waals surface area contributed by atoms with Crippen LogP contribution in [0.2, 0.25) is 0 Å². The Labute approximate surface area is 158 Å². The van der Waals surface area contributed by atoms with E-state index in [0.29, 0.717) is 0 Å². The molecule has 0 aliphatic carbocycles. The molecule has 26 heavy (non-hydrogen) atoms. The molecule has 2 nitrogen and oxygen atoms in total. The van der Waals surface area contributed by atoms with Crippen LogP contribution < -0.4 is 5.32 Å². The lowest BCUT2D eigenvalue weighted by atomic mass is 9.73. The summed E-state index contributed by atoms with van der Waals surface area (Å²) in [6, 6.07) is 13.0. The number of carbonyl (C=O) groups is 1. The first kappa shape index (κ1) is 18.7. The first-order chi connectivity index (χ1) is 12.0. The van der Waals surface area contributed by atoms with Gasteiger partial charge >= 0.3 is 0 Å². The van der Waals surface area contributed by atoms with Crippen LogP contribution in [-0.4, -0.2) is 5.91 Å². The minimum absolute atomic E-state index is 0.0416. The van der Waals surface area contributed by atoms with Crippen LogP contribution in [0.3, 0.4) is 0 Å². The summed E-state index contributed by atoms with van der Waals surface area (Å²) >= 11 is 0. The normalized spacial score (nSPS) is 17.2. The minimum atomic E-state index is -0.0971. The number of carbonyl (C=O) groups excluding carboxylic acids is 1. The van der Waals surface area contributed by atoms with E-state index in [9.17, 15) is 4.79 Å². The Morgan fingerprint density at radius 2 is 1.62 bits per heavy atom. The van der Waals surface area contributed by atoms with Crippen LogP contribution in [-0.2, 0) is 16.6 Å². The van der Waals surface area contributed by atoms with Crippen molar-refractivity contribution in [1.29, 1.82) is 0 Å². The third-order valence-electron chi connectivity index (χ3n) is 5.79. The Bertz CT molecular complexity index is 841. The number of fused-ring (bicyclic) bond motifs is 1.